The van der Waals surface area contributed by atoms with Gasteiger partial charge in [-0.3, -0.25) is 0 Å². The van der Waals surface area contributed by atoms with Gasteiger partial charge in [0.15, 0.2) is 5.96 Å². The number of hydrogen-bond acceptors (Lipinski definition) is 2. The molecule has 1 aromatic carbocycles. The van der Waals surface area contributed by atoms with Gasteiger partial charge < -0.3 is 16.2 Å². The molecule has 0 heterocycles. The SMILES string of the molecule is COCc1cc(CN=C(N)N)ccc1F.I. The molecule has 0 radical (unpaired) electrons. The van der Waals surface area contributed by atoms with Gasteiger partial charge in [-0.25, -0.2) is 9.38 Å². The van der Waals surface area contributed by atoms with Crippen molar-refractivity contribution in [2.24, 2.45) is 16.5 Å². The largest absolute Gasteiger partial charge is 0.380 e. The Morgan fingerprint density at radius 1 is 1.44 bits per heavy atom. The highest BCUT2D eigenvalue weighted by Crippen LogP contribution is 2.12. The summed E-state index contributed by atoms with van der Waals surface area (Å²) in [7, 11) is 1.52. The van der Waals surface area contributed by atoms with Crippen LogP contribution in [0.5, 0.6) is 0 Å². The molecular weight excluding hydrogens is 324 g/mol. The van der Waals surface area contributed by atoms with E-state index in [0.717, 1.165) is 5.56 Å². The van der Waals surface area contributed by atoms with E-state index < -0.39 is 0 Å². The van der Waals surface area contributed by atoms with Crippen LogP contribution in [0.25, 0.3) is 0 Å². The molecule has 90 valence electrons. The number of nitrogens with zero attached hydrogens (tertiary/aromatic N) is 1. The van der Waals surface area contributed by atoms with E-state index >= 15 is 0 Å². The fraction of sp³-hybridized carbons (Fsp3) is 0.300. The Kier molecular flexibility index (Phi) is 6.98. The van der Waals surface area contributed by atoms with E-state index in [-0.39, 0.29) is 42.4 Å². The molecule has 0 aliphatic rings. The van der Waals surface area contributed by atoms with Gasteiger partial charge in [-0.2, -0.15) is 0 Å². The first-order valence-electron chi connectivity index (χ1n) is 4.45. The highest BCUT2D eigenvalue weighted by Gasteiger charge is 2.02. The lowest BCUT2D eigenvalue weighted by Gasteiger charge is -2.04. The lowest BCUT2D eigenvalue weighted by atomic mass is 10.1. The van der Waals surface area contributed by atoms with E-state index in [4.69, 9.17) is 16.2 Å². The van der Waals surface area contributed by atoms with Gasteiger partial charge >= 0.3 is 0 Å². The third kappa shape index (κ3) is 4.75. The molecule has 0 aliphatic heterocycles. The second kappa shape index (κ2) is 7.39. The summed E-state index contributed by atoms with van der Waals surface area (Å²) in [5, 5.41) is 0. The first-order valence-corrected chi connectivity index (χ1v) is 4.45. The van der Waals surface area contributed by atoms with Gasteiger partial charge in [-0.1, -0.05) is 6.07 Å². The van der Waals surface area contributed by atoms with Gasteiger partial charge in [0.2, 0.25) is 0 Å². The minimum absolute atomic E-state index is 0. The first-order chi connectivity index (χ1) is 7.13. The minimum Gasteiger partial charge on any atom is -0.380 e. The van der Waals surface area contributed by atoms with Crippen LogP contribution >= 0.6 is 24.0 Å². The first kappa shape index (κ1) is 15.1. The molecule has 0 aliphatic carbocycles. The lowest BCUT2D eigenvalue weighted by molar-refractivity contribution is 0.181. The second-order valence-corrected chi connectivity index (χ2v) is 3.10. The molecule has 4 nitrogen and oxygen atoms in total. The van der Waals surface area contributed by atoms with Crippen LogP contribution in [0, 0.1) is 5.82 Å². The van der Waals surface area contributed by atoms with E-state index in [1.807, 2.05) is 0 Å². The number of hydrogen-bond donors (Lipinski definition) is 2. The maximum Gasteiger partial charge on any atom is 0.186 e. The molecule has 16 heavy (non-hydrogen) atoms. The minimum atomic E-state index is -0.287. The Bertz CT molecular complexity index is 367. The van der Waals surface area contributed by atoms with Crippen LogP contribution < -0.4 is 11.5 Å². The quantitative estimate of drug-likeness (QED) is 0.494. The summed E-state index contributed by atoms with van der Waals surface area (Å²) in [5.74, 6) is -0.266. The van der Waals surface area contributed by atoms with Crippen molar-refractivity contribution in [3.63, 3.8) is 0 Å². The average Bonchev–Trinajstić information content (AvgIpc) is 2.19. The van der Waals surface area contributed by atoms with Gasteiger partial charge in [0.05, 0.1) is 13.2 Å². The van der Waals surface area contributed by atoms with Crippen LogP contribution in [0.3, 0.4) is 0 Å². The topological polar surface area (TPSA) is 73.6 Å². The predicted octanol–water partition coefficient (Wildman–Crippen LogP) is 1.36. The number of rotatable bonds is 4. The number of benzene rings is 1. The molecule has 0 spiro atoms. The van der Waals surface area contributed by atoms with Gasteiger partial charge in [0.25, 0.3) is 0 Å². The van der Waals surface area contributed by atoms with Crippen molar-refractivity contribution in [1.82, 2.24) is 0 Å². The summed E-state index contributed by atoms with van der Waals surface area (Å²) in [4.78, 5) is 3.83. The summed E-state index contributed by atoms with van der Waals surface area (Å²) in [6.07, 6.45) is 0. The van der Waals surface area contributed by atoms with Gasteiger partial charge in [-0.05, 0) is 17.7 Å². The number of methoxy groups -OCH3 is 1. The van der Waals surface area contributed by atoms with Crippen molar-refractivity contribution in [2.75, 3.05) is 7.11 Å². The summed E-state index contributed by atoms with van der Waals surface area (Å²) in [5.41, 5.74) is 11.7. The maximum absolute atomic E-state index is 13.2. The molecule has 6 heteroatoms. The molecule has 0 saturated carbocycles. The summed E-state index contributed by atoms with van der Waals surface area (Å²) in [6.45, 7) is 0.584. The highest BCUT2D eigenvalue weighted by atomic mass is 127. The third-order valence-corrected chi connectivity index (χ3v) is 1.85. The zero-order valence-corrected chi connectivity index (χ0v) is 11.3. The fourth-order valence-electron chi connectivity index (χ4n) is 1.18. The van der Waals surface area contributed by atoms with E-state index in [1.54, 1.807) is 12.1 Å². The number of nitrogens with two attached hydrogens (primary N) is 2. The summed E-state index contributed by atoms with van der Waals surface area (Å²) in [6, 6.07) is 4.71. The molecular formula is C10H15FIN3O. The highest BCUT2D eigenvalue weighted by molar-refractivity contribution is 14.0. The molecule has 0 unspecified atom stereocenters. The van der Waals surface area contributed by atoms with Crippen molar-refractivity contribution in [1.29, 1.82) is 0 Å². The smallest absolute Gasteiger partial charge is 0.186 e. The lowest BCUT2D eigenvalue weighted by Crippen LogP contribution is -2.22. The third-order valence-electron chi connectivity index (χ3n) is 1.85. The summed E-state index contributed by atoms with van der Waals surface area (Å²) < 4.78 is 18.1. The van der Waals surface area contributed by atoms with E-state index in [2.05, 4.69) is 4.99 Å². The van der Waals surface area contributed by atoms with Crippen molar-refractivity contribution < 1.29 is 9.13 Å². The monoisotopic (exact) mass is 339 g/mol. The van der Waals surface area contributed by atoms with Crippen molar-refractivity contribution in [3.05, 3.63) is 35.1 Å². The molecule has 1 rings (SSSR count). The molecule has 4 N–H and O–H groups in total. The van der Waals surface area contributed by atoms with Crippen LogP contribution in [0.2, 0.25) is 0 Å². The Morgan fingerprint density at radius 3 is 2.69 bits per heavy atom. The normalized spacial score (nSPS) is 9.38. The molecule has 1 aromatic rings. The Balaban J connectivity index is 0.00000225. The van der Waals surface area contributed by atoms with Crippen LogP contribution in [0.4, 0.5) is 4.39 Å². The standard InChI is InChI=1S/C10H14FN3O.HI/c1-15-6-8-4-7(2-3-9(8)11)5-14-10(12)13;/h2-4H,5-6H2,1H3,(H4,12,13,14);1H. The summed E-state index contributed by atoms with van der Waals surface area (Å²) >= 11 is 0. The molecule has 0 atom stereocenters. The Hall–Kier alpha value is -0.890. The number of guanidine groups is 1. The van der Waals surface area contributed by atoms with E-state index in [1.165, 1.54) is 13.2 Å². The maximum atomic E-state index is 13.2. The average molecular weight is 339 g/mol. The number of aliphatic imine (C=N–C) groups is 1. The van der Waals surface area contributed by atoms with Crippen LogP contribution in [0.15, 0.2) is 23.2 Å². The zero-order chi connectivity index (χ0) is 11.3. The fourth-order valence-corrected chi connectivity index (χ4v) is 1.18. The van der Waals surface area contributed by atoms with Crippen molar-refractivity contribution in [3.8, 4) is 0 Å². The molecule has 0 saturated heterocycles. The van der Waals surface area contributed by atoms with Crippen LogP contribution in [0.1, 0.15) is 11.1 Å². The molecule has 0 aromatic heterocycles. The molecule has 0 bridgehead atoms. The Labute approximate surface area is 111 Å². The number of ether oxygens (including phenoxy) is 1. The predicted molar refractivity (Wildman–Crippen MR) is 72.0 cm³/mol. The van der Waals surface area contributed by atoms with Gasteiger partial charge in [0.1, 0.15) is 5.82 Å². The van der Waals surface area contributed by atoms with Crippen molar-refractivity contribution >= 4 is 29.9 Å². The zero-order valence-electron chi connectivity index (χ0n) is 8.94. The van der Waals surface area contributed by atoms with E-state index in [9.17, 15) is 4.39 Å². The van der Waals surface area contributed by atoms with Crippen LogP contribution in [-0.2, 0) is 17.9 Å². The van der Waals surface area contributed by atoms with Crippen molar-refractivity contribution in [2.45, 2.75) is 13.2 Å². The number of halogens is 2. The second-order valence-electron chi connectivity index (χ2n) is 3.10. The molecule has 0 fully saturated rings. The Morgan fingerprint density at radius 2 is 2.12 bits per heavy atom. The van der Waals surface area contributed by atoms with Crippen LogP contribution in [-0.4, -0.2) is 13.1 Å². The van der Waals surface area contributed by atoms with Gasteiger partial charge in [-0.15, -0.1) is 24.0 Å². The molecule has 0 amide bonds. The van der Waals surface area contributed by atoms with Gasteiger partial charge in [0, 0.05) is 12.7 Å². The van der Waals surface area contributed by atoms with E-state index in [0.29, 0.717) is 12.1 Å².